The van der Waals surface area contributed by atoms with Crippen LogP contribution in [0.5, 0.6) is 0 Å². The first-order chi connectivity index (χ1) is 13.0. The molecule has 4 aromatic rings. The van der Waals surface area contributed by atoms with E-state index in [0.29, 0.717) is 27.6 Å². The second kappa shape index (κ2) is 6.56. The molecule has 0 saturated carbocycles. The quantitative estimate of drug-likeness (QED) is 0.462. The van der Waals surface area contributed by atoms with Crippen LogP contribution >= 0.6 is 11.8 Å². The Morgan fingerprint density at radius 3 is 2.70 bits per heavy atom. The van der Waals surface area contributed by atoms with E-state index in [1.54, 1.807) is 18.4 Å². The van der Waals surface area contributed by atoms with E-state index in [2.05, 4.69) is 15.1 Å². The average molecular weight is 386 g/mol. The fraction of sp³-hybridized carbons (Fsp3) is 0.118. The summed E-state index contributed by atoms with van der Waals surface area (Å²) in [5.74, 6) is -0.340. The van der Waals surface area contributed by atoms with Gasteiger partial charge in [-0.2, -0.15) is 4.98 Å². The van der Waals surface area contributed by atoms with Crippen LogP contribution in [0.4, 0.5) is 10.3 Å². The molecule has 0 bridgehead atoms. The van der Waals surface area contributed by atoms with Gasteiger partial charge in [0.2, 0.25) is 5.95 Å². The maximum Gasteiger partial charge on any atom is 0.256 e. The molecule has 0 aliphatic heterocycles. The van der Waals surface area contributed by atoms with E-state index < -0.39 is 12.0 Å². The number of halogens is 1. The number of aliphatic hydroxyl groups excluding tert-OH is 1. The Labute approximate surface area is 156 Å². The number of aromatic nitrogens is 5. The van der Waals surface area contributed by atoms with Crippen LogP contribution in [0, 0.1) is 5.82 Å². The van der Waals surface area contributed by atoms with Crippen molar-refractivity contribution in [3.05, 3.63) is 64.3 Å². The number of H-pyrrole nitrogens is 1. The van der Waals surface area contributed by atoms with Crippen molar-refractivity contribution in [2.75, 3.05) is 12.0 Å². The first-order valence-electron chi connectivity index (χ1n) is 7.92. The number of hydrogen-bond donors (Lipinski definition) is 3. The van der Waals surface area contributed by atoms with Crippen molar-refractivity contribution in [3.8, 4) is 5.69 Å². The summed E-state index contributed by atoms with van der Waals surface area (Å²) in [6.45, 7) is 0. The van der Waals surface area contributed by atoms with Gasteiger partial charge in [-0.15, -0.1) is 5.10 Å². The second-order valence-electron chi connectivity index (χ2n) is 5.79. The lowest BCUT2D eigenvalue weighted by Crippen LogP contribution is -2.17. The molecular weight excluding hydrogens is 371 g/mol. The van der Waals surface area contributed by atoms with Crippen LogP contribution in [-0.2, 0) is 0 Å². The van der Waals surface area contributed by atoms with Crippen LogP contribution in [-0.4, -0.2) is 35.7 Å². The molecule has 0 amide bonds. The zero-order valence-electron chi connectivity index (χ0n) is 14.1. The van der Waals surface area contributed by atoms with Crippen LogP contribution in [0.15, 0.2) is 52.4 Å². The molecule has 10 heteroatoms. The van der Waals surface area contributed by atoms with Gasteiger partial charge in [0.25, 0.3) is 5.56 Å². The number of pyridine rings is 1. The minimum atomic E-state index is -1.17. The normalized spacial score (nSPS) is 12.6. The Bertz CT molecular complexity index is 1180. The number of thioether (sulfide) groups is 1. The van der Waals surface area contributed by atoms with Gasteiger partial charge in [-0.1, -0.05) is 11.8 Å². The Morgan fingerprint density at radius 1 is 1.26 bits per heavy atom. The summed E-state index contributed by atoms with van der Waals surface area (Å²) in [5.41, 5.74) is 6.73. The number of benzene rings is 1. The van der Waals surface area contributed by atoms with E-state index in [-0.39, 0.29) is 11.5 Å². The van der Waals surface area contributed by atoms with E-state index in [1.165, 1.54) is 51.3 Å². The molecule has 3 aromatic heterocycles. The number of rotatable bonds is 4. The van der Waals surface area contributed by atoms with Crippen molar-refractivity contribution in [1.82, 2.24) is 24.3 Å². The summed E-state index contributed by atoms with van der Waals surface area (Å²) in [4.78, 5) is 19.5. The average Bonchev–Trinajstić information content (AvgIpc) is 3.25. The molecule has 0 fully saturated rings. The number of nitrogen functional groups attached to an aromatic ring is 1. The standard InChI is InChI=1S/C17H15FN6O2S/c1-27-17-21-16(19)22-24(17)15(26)12-8-9-2-7-13(25)23(14(9)20-12)11-5-3-10(18)4-6-11/h2-8,15,20,26H,1H3,(H2,19,22). The number of nitrogens with one attached hydrogen (secondary N) is 1. The summed E-state index contributed by atoms with van der Waals surface area (Å²) >= 11 is 1.29. The van der Waals surface area contributed by atoms with Crippen molar-refractivity contribution < 1.29 is 9.50 Å². The van der Waals surface area contributed by atoms with E-state index in [9.17, 15) is 14.3 Å². The Morgan fingerprint density at radius 2 is 2.00 bits per heavy atom. The fourth-order valence-electron chi connectivity index (χ4n) is 2.88. The molecule has 27 heavy (non-hydrogen) atoms. The van der Waals surface area contributed by atoms with Crippen molar-refractivity contribution in [2.24, 2.45) is 0 Å². The number of aliphatic hydroxyl groups is 1. The van der Waals surface area contributed by atoms with Gasteiger partial charge in [-0.3, -0.25) is 9.36 Å². The van der Waals surface area contributed by atoms with Crippen molar-refractivity contribution >= 4 is 28.7 Å². The molecular formula is C17H15FN6O2S. The van der Waals surface area contributed by atoms with Crippen LogP contribution in [0.2, 0.25) is 0 Å². The molecule has 0 radical (unpaired) electrons. The highest BCUT2D eigenvalue weighted by Crippen LogP contribution is 2.25. The summed E-state index contributed by atoms with van der Waals surface area (Å²) < 4.78 is 15.9. The first kappa shape index (κ1) is 17.3. The SMILES string of the molecule is CSc1nc(N)nn1C(O)c1cc2ccc(=O)n(-c3ccc(F)cc3)c2[nH]1. The van der Waals surface area contributed by atoms with Gasteiger partial charge in [0, 0.05) is 11.5 Å². The maximum atomic E-state index is 13.2. The van der Waals surface area contributed by atoms with Crippen molar-refractivity contribution in [1.29, 1.82) is 0 Å². The van der Waals surface area contributed by atoms with Gasteiger partial charge in [0.15, 0.2) is 11.4 Å². The van der Waals surface area contributed by atoms with E-state index in [4.69, 9.17) is 5.73 Å². The highest BCUT2D eigenvalue weighted by molar-refractivity contribution is 7.98. The molecule has 8 nitrogen and oxygen atoms in total. The highest BCUT2D eigenvalue weighted by Gasteiger charge is 2.20. The Balaban J connectivity index is 1.86. The molecule has 0 spiro atoms. The minimum Gasteiger partial charge on any atom is -0.367 e. The van der Waals surface area contributed by atoms with E-state index in [1.807, 2.05) is 0 Å². The van der Waals surface area contributed by atoms with E-state index >= 15 is 0 Å². The summed E-state index contributed by atoms with van der Waals surface area (Å²) in [7, 11) is 0. The van der Waals surface area contributed by atoms with Gasteiger partial charge in [-0.05, 0) is 42.7 Å². The van der Waals surface area contributed by atoms with Crippen molar-refractivity contribution in [2.45, 2.75) is 11.4 Å². The maximum absolute atomic E-state index is 13.2. The van der Waals surface area contributed by atoms with Gasteiger partial charge in [0.05, 0.1) is 11.4 Å². The summed E-state index contributed by atoms with van der Waals surface area (Å²) in [6.07, 6.45) is 0.630. The Kier molecular flexibility index (Phi) is 4.21. The zero-order chi connectivity index (χ0) is 19.1. The molecule has 1 unspecified atom stereocenters. The van der Waals surface area contributed by atoms with Crippen LogP contribution in [0.1, 0.15) is 11.9 Å². The van der Waals surface area contributed by atoms with Gasteiger partial charge in [0.1, 0.15) is 11.5 Å². The first-order valence-corrected chi connectivity index (χ1v) is 9.15. The fourth-order valence-corrected chi connectivity index (χ4v) is 3.39. The largest absolute Gasteiger partial charge is 0.367 e. The molecule has 4 rings (SSSR count). The topological polar surface area (TPSA) is 115 Å². The smallest absolute Gasteiger partial charge is 0.256 e. The van der Waals surface area contributed by atoms with Crippen LogP contribution in [0.3, 0.4) is 0 Å². The lowest BCUT2D eigenvalue weighted by molar-refractivity contribution is 0.118. The van der Waals surface area contributed by atoms with Crippen molar-refractivity contribution in [3.63, 3.8) is 0 Å². The molecule has 0 aliphatic rings. The Hall–Kier alpha value is -3.11. The molecule has 0 aliphatic carbocycles. The predicted molar refractivity (Wildman–Crippen MR) is 100 cm³/mol. The predicted octanol–water partition coefficient (Wildman–Crippen LogP) is 1.89. The number of anilines is 1. The molecule has 138 valence electrons. The lowest BCUT2D eigenvalue weighted by Gasteiger charge is -2.11. The molecule has 3 heterocycles. The molecule has 1 atom stereocenters. The number of fused-ring (bicyclic) bond motifs is 1. The third kappa shape index (κ3) is 2.98. The molecule has 0 saturated heterocycles. The van der Waals surface area contributed by atoms with Gasteiger partial charge < -0.3 is 15.8 Å². The minimum absolute atomic E-state index is 0.0535. The summed E-state index contributed by atoms with van der Waals surface area (Å²) in [5, 5.41) is 15.9. The number of nitrogens with zero attached hydrogens (tertiary/aromatic N) is 4. The van der Waals surface area contributed by atoms with Crippen LogP contribution in [0.25, 0.3) is 16.7 Å². The zero-order valence-corrected chi connectivity index (χ0v) is 14.9. The third-order valence-electron chi connectivity index (χ3n) is 4.09. The van der Waals surface area contributed by atoms with Gasteiger partial charge in [-0.25, -0.2) is 9.07 Å². The monoisotopic (exact) mass is 386 g/mol. The third-order valence-corrected chi connectivity index (χ3v) is 4.73. The number of nitrogens with two attached hydrogens (primary N) is 1. The number of aromatic amines is 1. The lowest BCUT2D eigenvalue weighted by atomic mass is 10.2. The molecule has 4 N–H and O–H groups in total. The van der Waals surface area contributed by atoms with Crippen LogP contribution < -0.4 is 11.3 Å². The second-order valence-corrected chi connectivity index (χ2v) is 6.56. The van der Waals surface area contributed by atoms with E-state index in [0.717, 1.165) is 0 Å². The molecule has 1 aromatic carbocycles. The number of hydrogen-bond acceptors (Lipinski definition) is 6. The summed E-state index contributed by atoms with van der Waals surface area (Å²) in [6, 6.07) is 10.4. The van der Waals surface area contributed by atoms with Gasteiger partial charge >= 0.3 is 0 Å². The highest BCUT2D eigenvalue weighted by atomic mass is 32.2.